The maximum absolute atomic E-state index is 12.2. The van der Waals surface area contributed by atoms with Crippen LogP contribution in [0, 0.1) is 0 Å². The van der Waals surface area contributed by atoms with Crippen molar-refractivity contribution in [3.8, 4) is 5.75 Å². The molecule has 1 aromatic carbocycles. The number of amides is 1. The van der Waals surface area contributed by atoms with E-state index in [-0.39, 0.29) is 5.91 Å². The summed E-state index contributed by atoms with van der Waals surface area (Å²) in [6, 6.07) is 8.72. The summed E-state index contributed by atoms with van der Waals surface area (Å²) in [6.07, 6.45) is 1.59. The molecule has 1 heterocycles. The van der Waals surface area contributed by atoms with Crippen LogP contribution in [-0.2, 0) is 0 Å². The number of carbonyl (C=O) groups is 1. The number of carbonyl (C=O) groups excluding carboxylic acids is 1. The summed E-state index contributed by atoms with van der Waals surface area (Å²) in [5.74, 6) is 1.11. The molecule has 104 valence electrons. The molecule has 0 atom stereocenters. The molecule has 2 N–H and O–H groups in total. The van der Waals surface area contributed by atoms with Crippen molar-refractivity contribution in [1.82, 2.24) is 4.98 Å². The molecule has 0 saturated carbocycles. The maximum atomic E-state index is 12.2. The lowest BCUT2D eigenvalue weighted by Gasteiger charge is -2.09. The summed E-state index contributed by atoms with van der Waals surface area (Å²) < 4.78 is 5.99. The third-order valence-electron chi connectivity index (χ3n) is 2.64. The predicted molar refractivity (Wildman–Crippen MR) is 82.4 cm³/mol. The first-order valence-corrected chi connectivity index (χ1v) is 6.71. The SMILES string of the molecule is CNc1cc(C(=O)Nc2cc(Br)cc(OC)c2)ccn1. The highest BCUT2D eigenvalue weighted by atomic mass is 79.9. The molecule has 0 unspecified atom stereocenters. The molecule has 0 radical (unpaired) electrons. The number of methoxy groups -OCH3 is 1. The highest BCUT2D eigenvalue weighted by Crippen LogP contribution is 2.24. The van der Waals surface area contributed by atoms with E-state index >= 15 is 0 Å². The van der Waals surface area contributed by atoms with Crippen molar-refractivity contribution in [3.63, 3.8) is 0 Å². The Kier molecular flexibility index (Phi) is 4.57. The standard InChI is InChI=1S/C14H14BrN3O2/c1-16-13-5-9(3-4-17-13)14(19)18-11-6-10(15)7-12(8-11)20-2/h3-8H,1-2H3,(H,16,17)(H,18,19). The Hall–Kier alpha value is -2.08. The van der Waals surface area contributed by atoms with E-state index < -0.39 is 0 Å². The number of halogens is 1. The molecule has 0 aliphatic heterocycles. The number of pyridine rings is 1. The highest BCUT2D eigenvalue weighted by molar-refractivity contribution is 9.10. The molecular formula is C14H14BrN3O2. The number of aromatic nitrogens is 1. The topological polar surface area (TPSA) is 63.2 Å². The minimum absolute atomic E-state index is 0.205. The van der Waals surface area contributed by atoms with Gasteiger partial charge in [0, 0.05) is 35.0 Å². The van der Waals surface area contributed by atoms with Crippen molar-refractivity contribution >= 4 is 33.3 Å². The van der Waals surface area contributed by atoms with Gasteiger partial charge in [-0.3, -0.25) is 4.79 Å². The van der Waals surface area contributed by atoms with Gasteiger partial charge in [0.2, 0.25) is 0 Å². The summed E-state index contributed by atoms with van der Waals surface area (Å²) in [4.78, 5) is 16.2. The number of rotatable bonds is 4. The van der Waals surface area contributed by atoms with E-state index in [4.69, 9.17) is 4.74 Å². The van der Waals surface area contributed by atoms with Crippen molar-refractivity contribution in [2.45, 2.75) is 0 Å². The van der Waals surface area contributed by atoms with Crippen LogP contribution in [0.4, 0.5) is 11.5 Å². The summed E-state index contributed by atoms with van der Waals surface area (Å²) in [7, 11) is 3.33. The number of nitrogens with one attached hydrogen (secondary N) is 2. The Morgan fingerprint density at radius 2 is 2.10 bits per heavy atom. The van der Waals surface area contributed by atoms with Gasteiger partial charge in [-0.2, -0.15) is 0 Å². The summed E-state index contributed by atoms with van der Waals surface area (Å²) in [6.45, 7) is 0. The summed E-state index contributed by atoms with van der Waals surface area (Å²) >= 11 is 3.37. The van der Waals surface area contributed by atoms with E-state index in [0.29, 0.717) is 22.8 Å². The molecule has 0 aliphatic rings. The summed E-state index contributed by atoms with van der Waals surface area (Å²) in [5, 5.41) is 5.72. The second kappa shape index (κ2) is 6.38. The van der Waals surface area contributed by atoms with Crippen LogP contribution in [0.15, 0.2) is 41.0 Å². The van der Waals surface area contributed by atoms with Crippen molar-refractivity contribution in [2.75, 3.05) is 24.8 Å². The fourth-order valence-corrected chi connectivity index (χ4v) is 2.14. The average molecular weight is 336 g/mol. The van der Waals surface area contributed by atoms with Crippen LogP contribution < -0.4 is 15.4 Å². The molecule has 0 bridgehead atoms. The number of nitrogens with zero attached hydrogens (tertiary/aromatic N) is 1. The average Bonchev–Trinajstić information content (AvgIpc) is 2.46. The zero-order valence-corrected chi connectivity index (χ0v) is 12.7. The summed E-state index contributed by atoms with van der Waals surface area (Å²) in [5.41, 5.74) is 1.19. The van der Waals surface area contributed by atoms with Gasteiger partial charge in [0.15, 0.2) is 0 Å². The Balaban J connectivity index is 2.20. The zero-order chi connectivity index (χ0) is 14.5. The Morgan fingerprint density at radius 1 is 1.30 bits per heavy atom. The van der Waals surface area contributed by atoms with E-state index in [9.17, 15) is 4.79 Å². The largest absolute Gasteiger partial charge is 0.497 e. The molecule has 20 heavy (non-hydrogen) atoms. The smallest absolute Gasteiger partial charge is 0.255 e. The molecule has 0 saturated heterocycles. The van der Waals surface area contributed by atoms with Crippen LogP contribution in [0.1, 0.15) is 10.4 Å². The van der Waals surface area contributed by atoms with Gasteiger partial charge in [0.1, 0.15) is 11.6 Å². The first-order chi connectivity index (χ1) is 9.62. The van der Waals surface area contributed by atoms with Crippen molar-refractivity contribution < 1.29 is 9.53 Å². The van der Waals surface area contributed by atoms with Crippen molar-refractivity contribution in [2.24, 2.45) is 0 Å². The minimum Gasteiger partial charge on any atom is -0.497 e. The number of anilines is 2. The van der Waals surface area contributed by atoms with E-state index in [0.717, 1.165) is 4.47 Å². The second-order valence-corrected chi connectivity index (χ2v) is 4.93. The van der Waals surface area contributed by atoms with Gasteiger partial charge in [-0.1, -0.05) is 15.9 Å². The minimum atomic E-state index is -0.205. The Morgan fingerprint density at radius 3 is 2.80 bits per heavy atom. The van der Waals surface area contributed by atoms with Gasteiger partial charge in [-0.15, -0.1) is 0 Å². The van der Waals surface area contributed by atoms with Gasteiger partial charge in [0.05, 0.1) is 7.11 Å². The number of hydrogen-bond donors (Lipinski definition) is 2. The fourth-order valence-electron chi connectivity index (χ4n) is 1.66. The molecule has 1 amide bonds. The first kappa shape index (κ1) is 14.3. The molecule has 1 aromatic heterocycles. The number of ether oxygens (including phenoxy) is 1. The fraction of sp³-hybridized carbons (Fsp3) is 0.143. The Labute approximate surface area is 125 Å². The predicted octanol–water partition coefficient (Wildman–Crippen LogP) is 3.15. The van der Waals surface area contributed by atoms with Crippen LogP contribution in [-0.4, -0.2) is 25.0 Å². The molecule has 0 spiro atoms. The lowest BCUT2D eigenvalue weighted by molar-refractivity contribution is 0.102. The van der Waals surface area contributed by atoms with E-state index in [1.54, 1.807) is 44.6 Å². The van der Waals surface area contributed by atoms with Crippen LogP contribution in [0.25, 0.3) is 0 Å². The van der Waals surface area contributed by atoms with Crippen LogP contribution in [0.3, 0.4) is 0 Å². The van der Waals surface area contributed by atoms with E-state index in [1.807, 2.05) is 6.07 Å². The van der Waals surface area contributed by atoms with Crippen LogP contribution >= 0.6 is 15.9 Å². The lowest BCUT2D eigenvalue weighted by Crippen LogP contribution is -2.12. The van der Waals surface area contributed by atoms with Crippen molar-refractivity contribution in [1.29, 1.82) is 0 Å². The normalized spacial score (nSPS) is 9.95. The van der Waals surface area contributed by atoms with Gasteiger partial charge in [-0.25, -0.2) is 4.98 Å². The number of hydrogen-bond acceptors (Lipinski definition) is 4. The maximum Gasteiger partial charge on any atom is 0.255 e. The second-order valence-electron chi connectivity index (χ2n) is 4.01. The van der Waals surface area contributed by atoms with Gasteiger partial charge >= 0.3 is 0 Å². The van der Waals surface area contributed by atoms with Crippen LogP contribution in [0.2, 0.25) is 0 Å². The molecule has 5 nitrogen and oxygen atoms in total. The quantitative estimate of drug-likeness (QED) is 0.900. The van der Waals surface area contributed by atoms with Crippen molar-refractivity contribution in [3.05, 3.63) is 46.6 Å². The molecule has 0 aliphatic carbocycles. The number of benzene rings is 1. The molecular weight excluding hydrogens is 322 g/mol. The van der Waals surface area contributed by atoms with Gasteiger partial charge in [0.25, 0.3) is 5.91 Å². The monoisotopic (exact) mass is 335 g/mol. The Bertz CT molecular complexity index is 632. The van der Waals surface area contributed by atoms with E-state index in [2.05, 4.69) is 31.5 Å². The van der Waals surface area contributed by atoms with E-state index in [1.165, 1.54) is 0 Å². The first-order valence-electron chi connectivity index (χ1n) is 5.92. The molecule has 6 heteroatoms. The molecule has 2 rings (SSSR count). The third kappa shape index (κ3) is 3.48. The lowest BCUT2D eigenvalue weighted by atomic mass is 10.2. The zero-order valence-electron chi connectivity index (χ0n) is 11.1. The third-order valence-corrected chi connectivity index (χ3v) is 3.10. The molecule has 2 aromatic rings. The van der Waals surface area contributed by atoms with Gasteiger partial charge in [-0.05, 0) is 24.3 Å². The van der Waals surface area contributed by atoms with Gasteiger partial charge < -0.3 is 15.4 Å². The molecule has 0 fully saturated rings. The van der Waals surface area contributed by atoms with Crippen LogP contribution in [0.5, 0.6) is 5.75 Å². The highest BCUT2D eigenvalue weighted by Gasteiger charge is 2.08.